The van der Waals surface area contributed by atoms with Gasteiger partial charge in [0.25, 0.3) is 29.5 Å². The molecule has 14 aromatic rings. The van der Waals surface area contributed by atoms with E-state index in [1.165, 1.54) is 115 Å². The van der Waals surface area contributed by atoms with Gasteiger partial charge < -0.3 is 43.3 Å². The van der Waals surface area contributed by atoms with E-state index in [-0.39, 0.29) is 47.7 Å². The zero-order valence-electron chi connectivity index (χ0n) is 74.3. The largest absolute Gasteiger partial charge is 0.497 e. The van der Waals surface area contributed by atoms with Crippen LogP contribution in [0.2, 0.25) is 25.1 Å². The summed E-state index contributed by atoms with van der Waals surface area (Å²) >= 11 is 31.4. The van der Waals surface area contributed by atoms with Crippen LogP contribution in [0.3, 0.4) is 0 Å². The van der Waals surface area contributed by atoms with Gasteiger partial charge in [-0.25, -0.2) is 8.78 Å². The first-order valence-electron chi connectivity index (χ1n) is 44.2. The van der Waals surface area contributed by atoms with E-state index in [0.29, 0.717) is 81.9 Å². The lowest BCUT2D eigenvalue weighted by Crippen LogP contribution is -2.42. The molecular formula is C112H92Cl5F2N5O10. The minimum absolute atomic E-state index is 0.0121. The highest BCUT2D eigenvalue weighted by molar-refractivity contribution is 6.32. The zero-order valence-corrected chi connectivity index (χ0v) is 78.0. The van der Waals surface area contributed by atoms with E-state index in [0.717, 1.165) is 121 Å². The third-order valence-electron chi connectivity index (χ3n) is 26.4. The van der Waals surface area contributed by atoms with Gasteiger partial charge >= 0.3 is 0 Å². The zero-order chi connectivity index (χ0) is 93.3. The minimum Gasteiger partial charge on any atom is -0.497 e. The van der Waals surface area contributed by atoms with Crippen molar-refractivity contribution in [3.63, 3.8) is 0 Å². The Balaban J connectivity index is 0.000000120. The SMILES string of the molecule is COc1ccc(C(=O)N2CCC3=C(Cc4ccc(Cl)cc43)C2c2ccc(OC)cc2)cc1.COc1ccc(C2C3=C(CCN2C(=O)c2ccc(C)cc2)c2cc(Cl)ccc2C3)cc1.COc1ccc(C2C3=C(CCN2C(=O)c2ccc(Cl)cc2)c2cc(Cl)ccc2C3)cc1.COc1ccc(C2c3c(c4cc(Cl)ccc4n3C(=O)c3ccc(F)cc3)CCN2C(=O)c2ccc(F)cc2)cc1. The number of benzene rings is 13. The maximum absolute atomic E-state index is 14.1. The number of aryl methyl sites for hydroxylation is 1. The Morgan fingerprint density at radius 1 is 0.299 bits per heavy atom. The number of carbonyl (C=O) groups is 5. The molecule has 0 saturated heterocycles. The highest BCUT2D eigenvalue weighted by Gasteiger charge is 2.44. The average Bonchev–Trinajstić information content (AvgIpc) is 1.57. The Morgan fingerprint density at radius 2 is 0.567 bits per heavy atom. The van der Waals surface area contributed by atoms with E-state index in [1.54, 1.807) is 93.5 Å². The Kier molecular flexibility index (Phi) is 26.7. The Hall–Kier alpha value is -13.5. The van der Waals surface area contributed by atoms with Crippen molar-refractivity contribution >= 4 is 115 Å². The molecule has 0 bridgehead atoms. The van der Waals surface area contributed by atoms with Crippen molar-refractivity contribution in [1.82, 2.24) is 24.2 Å². The van der Waals surface area contributed by atoms with Crippen molar-refractivity contribution in [3.8, 4) is 28.7 Å². The molecule has 0 spiro atoms. The summed E-state index contributed by atoms with van der Waals surface area (Å²) in [5.74, 6) is 2.35. The number of ether oxygens (including phenoxy) is 5. The first-order chi connectivity index (χ1) is 65.0. The summed E-state index contributed by atoms with van der Waals surface area (Å²) in [6.07, 6.45) is 5.43. The molecule has 13 aromatic carbocycles. The standard InChI is InChI=1S/C32H23ClF2N2O3.C27H24ClNO3.C27H24ClNO2.C26H21Cl2NO2/c1-40-25-13-6-19(7-14-25)29-30-26(16-17-36(29)31(38)20-2-9-23(34)10-3-20)27-18-22(33)8-15-28(27)37(30)32(39)21-4-11-24(35)12-5-21;1-31-21-9-4-17(5-10-21)26-25-15-19-3-8-20(28)16-24(19)23(25)13-14-29(26)27(30)18-6-11-22(32-2)12-7-18;1-17-3-5-19(6-4-17)27(30)29-14-13-23-24-16-21(28)10-7-20(24)15-25(23)26(29)18-8-11-22(31-2)12-9-18;1-31-21-10-5-16(6-11-21)25-24-14-18-4-9-20(28)15-23(18)22(24)12-13-29(25)26(30)17-2-7-19(27)8-3-17/h2-15,18,29H,16-17H2,1H3;3-12,16,26H,13-15H2,1-2H3;3-12,16,26H,13-15H2,1-2H3;2-11,15,25H,12-14H2,1H3. The molecule has 4 unspecified atom stereocenters. The highest BCUT2D eigenvalue weighted by Crippen LogP contribution is 2.53. The molecule has 3 aliphatic carbocycles. The molecule has 0 saturated carbocycles. The van der Waals surface area contributed by atoms with E-state index in [2.05, 4.69) is 72.8 Å². The van der Waals surface area contributed by atoms with Gasteiger partial charge in [-0.3, -0.25) is 28.5 Å². The second kappa shape index (κ2) is 39.3. The van der Waals surface area contributed by atoms with Crippen molar-refractivity contribution in [2.75, 3.05) is 61.7 Å². The monoisotopic (exact) mass is 1880 g/mol. The van der Waals surface area contributed by atoms with Gasteiger partial charge in [-0.05, 0) is 359 Å². The molecule has 4 amide bonds. The predicted molar refractivity (Wildman–Crippen MR) is 525 cm³/mol. The number of nitrogens with zero attached hydrogens (tertiary/aromatic N) is 5. The number of fused-ring (bicyclic) bond motifs is 9. The first-order valence-corrected chi connectivity index (χ1v) is 46.1. The number of aromatic nitrogens is 1. The highest BCUT2D eigenvalue weighted by atomic mass is 35.5. The fourth-order valence-corrected chi connectivity index (χ4v) is 20.7. The molecule has 21 rings (SSSR count). The quantitative estimate of drug-likeness (QED) is 0.103. The molecule has 134 heavy (non-hydrogen) atoms. The van der Waals surface area contributed by atoms with Gasteiger partial charge in [-0.1, -0.05) is 142 Å². The number of rotatable bonds is 14. The lowest BCUT2D eigenvalue weighted by atomic mass is 9.87. The molecule has 7 aliphatic rings. The average molecular weight is 1880 g/mol. The van der Waals surface area contributed by atoms with E-state index in [4.69, 9.17) is 81.7 Å². The summed E-state index contributed by atoms with van der Waals surface area (Å²) in [6.45, 7) is 4.35. The van der Waals surface area contributed by atoms with E-state index < -0.39 is 17.7 Å². The maximum atomic E-state index is 14.1. The van der Waals surface area contributed by atoms with Gasteiger partial charge in [0.05, 0.1) is 70.9 Å². The van der Waals surface area contributed by atoms with Crippen LogP contribution in [0, 0.1) is 18.6 Å². The third kappa shape index (κ3) is 18.4. The van der Waals surface area contributed by atoms with Crippen LogP contribution in [0.25, 0.3) is 27.6 Å². The number of hydrogen-bond acceptors (Lipinski definition) is 10. The molecule has 0 N–H and O–H groups in total. The van der Waals surface area contributed by atoms with E-state index in [9.17, 15) is 32.8 Å². The van der Waals surface area contributed by atoms with Crippen LogP contribution in [-0.2, 0) is 25.7 Å². The van der Waals surface area contributed by atoms with Crippen LogP contribution in [0.4, 0.5) is 8.78 Å². The van der Waals surface area contributed by atoms with Gasteiger partial charge in [0.15, 0.2) is 0 Å². The number of hydrogen-bond donors (Lipinski definition) is 0. The maximum Gasteiger partial charge on any atom is 0.262 e. The van der Waals surface area contributed by atoms with Crippen molar-refractivity contribution in [2.45, 2.75) is 76.0 Å². The topological polar surface area (TPSA) is 149 Å². The van der Waals surface area contributed by atoms with Crippen molar-refractivity contribution in [2.24, 2.45) is 0 Å². The molecule has 1 aromatic heterocycles. The molecule has 5 heterocycles. The Labute approximate surface area is 801 Å². The number of carbonyl (C=O) groups excluding carboxylic acids is 5. The van der Waals surface area contributed by atoms with Crippen LogP contribution in [0.1, 0.15) is 168 Å². The molecule has 674 valence electrons. The molecule has 0 fully saturated rings. The second-order valence-electron chi connectivity index (χ2n) is 33.9. The molecule has 4 atom stereocenters. The van der Waals surface area contributed by atoms with E-state index >= 15 is 0 Å². The third-order valence-corrected chi connectivity index (χ3v) is 27.6. The summed E-state index contributed by atoms with van der Waals surface area (Å²) in [7, 11) is 8.18. The predicted octanol–water partition coefficient (Wildman–Crippen LogP) is 25.9. The summed E-state index contributed by atoms with van der Waals surface area (Å²) in [4.78, 5) is 76.5. The smallest absolute Gasteiger partial charge is 0.262 e. The molecule has 22 heteroatoms. The van der Waals surface area contributed by atoms with Crippen LogP contribution in [0.15, 0.2) is 308 Å². The second-order valence-corrected chi connectivity index (χ2v) is 36.1. The van der Waals surface area contributed by atoms with Gasteiger partial charge in [0.2, 0.25) is 0 Å². The van der Waals surface area contributed by atoms with Crippen LogP contribution in [-0.4, -0.2) is 115 Å². The summed E-state index contributed by atoms with van der Waals surface area (Å²) in [6, 6.07) is 87.2. The van der Waals surface area contributed by atoms with Gasteiger partial charge in [-0.2, -0.15) is 0 Å². The number of methoxy groups -OCH3 is 5. The van der Waals surface area contributed by atoms with Crippen molar-refractivity contribution < 1.29 is 56.4 Å². The summed E-state index contributed by atoms with van der Waals surface area (Å²) in [5.41, 5.74) is 25.4. The lowest BCUT2D eigenvalue weighted by Gasteiger charge is -2.38. The van der Waals surface area contributed by atoms with Gasteiger partial charge in [-0.15, -0.1) is 0 Å². The molecule has 4 aliphatic heterocycles. The van der Waals surface area contributed by atoms with Crippen molar-refractivity contribution in [1.29, 1.82) is 0 Å². The fraction of sp³-hybridized carbons (Fsp3) is 0.188. The first kappa shape index (κ1) is 91.0. The molecule has 15 nitrogen and oxygen atoms in total. The number of amides is 4. The Morgan fingerprint density at radius 3 is 0.910 bits per heavy atom. The molecular weight excluding hydrogens is 1790 g/mol. The van der Waals surface area contributed by atoms with Crippen LogP contribution in [0.5, 0.6) is 28.7 Å². The van der Waals surface area contributed by atoms with Crippen LogP contribution >= 0.6 is 58.0 Å². The van der Waals surface area contributed by atoms with Crippen LogP contribution < -0.4 is 23.7 Å². The van der Waals surface area contributed by atoms with E-state index in [1.807, 2.05) is 143 Å². The minimum atomic E-state index is -0.664. The summed E-state index contributed by atoms with van der Waals surface area (Å²) in [5, 5.41) is 4.20. The summed E-state index contributed by atoms with van der Waals surface area (Å²) < 4.78 is 55.7. The van der Waals surface area contributed by atoms with Crippen molar-refractivity contribution in [3.05, 3.63) is 445 Å². The number of halogens is 7. The fourth-order valence-electron chi connectivity index (χ4n) is 19.9. The van der Waals surface area contributed by atoms with Gasteiger partial charge in [0, 0.05) is 84.5 Å². The van der Waals surface area contributed by atoms with Gasteiger partial charge in [0.1, 0.15) is 40.4 Å². The Bertz CT molecular complexity index is 6780. The molecule has 0 radical (unpaired) electrons. The lowest BCUT2D eigenvalue weighted by molar-refractivity contribution is 0.0679. The normalized spacial score (nSPS) is 16.5.